The molecule has 0 saturated heterocycles. The van der Waals surface area contributed by atoms with E-state index in [9.17, 15) is 4.79 Å². The Balaban J connectivity index is 3.22. The van der Waals surface area contributed by atoms with Crippen LogP contribution in [0.5, 0.6) is 0 Å². The second kappa shape index (κ2) is 21.8. The van der Waals surface area contributed by atoms with Gasteiger partial charge >= 0.3 is 5.97 Å². The Hall–Kier alpha value is -0.530. The van der Waals surface area contributed by atoms with Crippen LogP contribution in [0.3, 0.4) is 0 Å². The van der Waals surface area contributed by atoms with Crippen molar-refractivity contribution in [1.82, 2.24) is 0 Å². The zero-order chi connectivity index (χ0) is 20.0. The molecule has 0 spiro atoms. The van der Waals surface area contributed by atoms with Crippen molar-refractivity contribution in [2.75, 3.05) is 6.61 Å². The minimum Gasteiger partial charge on any atom is -0.465 e. The highest BCUT2D eigenvalue weighted by Gasteiger charge is 2.13. The molecule has 0 aromatic rings. The SMILES string of the molecule is CCCCCCCCCCCCCCCCOC(=O)C(C)CCCCCC. The number of carbonyl (C=O) groups is 1. The summed E-state index contributed by atoms with van der Waals surface area (Å²) >= 11 is 0. The minimum atomic E-state index is 0.0150. The Labute approximate surface area is 171 Å². The minimum absolute atomic E-state index is 0.0150. The number of hydrogen-bond donors (Lipinski definition) is 0. The summed E-state index contributed by atoms with van der Waals surface area (Å²) in [4.78, 5) is 11.9. The molecular formula is C25H50O2. The van der Waals surface area contributed by atoms with Gasteiger partial charge in [0.05, 0.1) is 12.5 Å². The summed E-state index contributed by atoms with van der Waals surface area (Å²) in [6.45, 7) is 7.13. The first-order chi connectivity index (χ1) is 13.2. The zero-order valence-corrected chi connectivity index (χ0v) is 19.0. The second-order valence-corrected chi connectivity index (χ2v) is 8.51. The largest absolute Gasteiger partial charge is 0.465 e. The van der Waals surface area contributed by atoms with E-state index in [4.69, 9.17) is 4.74 Å². The molecule has 2 nitrogen and oxygen atoms in total. The number of unbranched alkanes of at least 4 members (excludes halogenated alkanes) is 16. The van der Waals surface area contributed by atoms with Gasteiger partial charge in [-0.25, -0.2) is 0 Å². The number of carbonyl (C=O) groups excluding carboxylic acids is 1. The normalized spacial score (nSPS) is 12.3. The van der Waals surface area contributed by atoms with Gasteiger partial charge in [-0.3, -0.25) is 4.79 Å². The zero-order valence-electron chi connectivity index (χ0n) is 19.0. The predicted molar refractivity (Wildman–Crippen MR) is 119 cm³/mol. The van der Waals surface area contributed by atoms with E-state index < -0.39 is 0 Å². The summed E-state index contributed by atoms with van der Waals surface area (Å²) in [5, 5.41) is 0. The van der Waals surface area contributed by atoms with Gasteiger partial charge in [-0.05, 0) is 12.8 Å². The van der Waals surface area contributed by atoms with Crippen LogP contribution in [-0.4, -0.2) is 12.6 Å². The summed E-state index contributed by atoms with van der Waals surface area (Å²) in [6.07, 6.45) is 24.9. The molecule has 0 aliphatic rings. The molecular weight excluding hydrogens is 332 g/mol. The summed E-state index contributed by atoms with van der Waals surface area (Å²) in [7, 11) is 0. The number of ether oxygens (including phenoxy) is 1. The first-order valence-corrected chi connectivity index (χ1v) is 12.4. The van der Waals surface area contributed by atoms with E-state index in [1.807, 2.05) is 6.92 Å². The molecule has 0 saturated carbocycles. The van der Waals surface area contributed by atoms with E-state index in [2.05, 4.69) is 13.8 Å². The van der Waals surface area contributed by atoms with Crippen molar-refractivity contribution < 1.29 is 9.53 Å². The molecule has 1 unspecified atom stereocenters. The molecule has 0 rings (SSSR count). The van der Waals surface area contributed by atoms with Gasteiger partial charge in [0, 0.05) is 0 Å². The van der Waals surface area contributed by atoms with Crippen molar-refractivity contribution in [3.63, 3.8) is 0 Å². The van der Waals surface area contributed by atoms with E-state index in [-0.39, 0.29) is 11.9 Å². The van der Waals surface area contributed by atoms with E-state index in [1.54, 1.807) is 0 Å². The van der Waals surface area contributed by atoms with Gasteiger partial charge in [-0.15, -0.1) is 0 Å². The molecule has 27 heavy (non-hydrogen) atoms. The smallest absolute Gasteiger partial charge is 0.308 e. The predicted octanol–water partition coefficient (Wildman–Crippen LogP) is 8.62. The Morgan fingerprint density at radius 3 is 1.41 bits per heavy atom. The van der Waals surface area contributed by atoms with Crippen LogP contribution in [0.1, 0.15) is 143 Å². The lowest BCUT2D eigenvalue weighted by Crippen LogP contribution is -2.15. The van der Waals surface area contributed by atoms with E-state index in [0.717, 1.165) is 19.3 Å². The molecule has 0 aliphatic carbocycles. The third-order valence-electron chi connectivity index (χ3n) is 5.64. The molecule has 0 heterocycles. The maximum absolute atomic E-state index is 11.9. The van der Waals surface area contributed by atoms with Crippen LogP contribution in [0.2, 0.25) is 0 Å². The summed E-state index contributed by atoms with van der Waals surface area (Å²) in [5.74, 6) is 0.0923. The first kappa shape index (κ1) is 26.5. The fourth-order valence-corrected chi connectivity index (χ4v) is 3.61. The highest BCUT2D eigenvalue weighted by Crippen LogP contribution is 2.14. The Bertz CT molecular complexity index is 301. The van der Waals surface area contributed by atoms with Crippen molar-refractivity contribution in [1.29, 1.82) is 0 Å². The molecule has 0 bridgehead atoms. The molecule has 0 radical (unpaired) electrons. The number of rotatable bonds is 21. The van der Waals surface area contributed by atoms with Crippen LogP contribution >= 0.6 is 0 Å². The average Bonchev–Trinajstić information content (AvgIpc) is 2.67. The molecule has 0 aromatic carbocycles. The fourth-order valence-electron chi connectivity index (χ4n) is 3.61. The molecule has 2 heteroatoms. The molecule has 0 aromatic heterocycles. The van der Waals surface area contributed by atoms with Gasteiger partial charge in [-0.2, -0.15) is 0 Å². The first-order valence-electron chi connectivity index (χ1n) is 12.4. The van der Waals surface area contributed by atoms with Gasteiger partial charge in [-0.1, -0.05) is 130 Å². The van der Waals surface area contributed by atoms with Crippen molar-refractivity contribution in [2.24, 2.45) is 5.92 Å². The monoisotopic (exact) mass is 382 g/mol. The van der Waals surface area contributed by atoms with Gasteiger partial charge in [0.1, 0.15) is 0 Å². The lowest BCUT2D eigenvalue weighted by atomic mass is 10.0. The molecule has 0 N–H and O–H groups in total. The molecule has 0 fully saturated rings. The summed E-state index contributed by atoms with van der Waals surface area (Å²) in [5.41, 5.74) is 0. The van der Waals surface area contributed by atoms with Crippen molar-refractivity contribution in [3.05, 3.63) is 0 Å². The van der Waals surface area contributed by atoms with Crippen LogP contribution in [-0.2, 0) is 9.53 Å². The average molecular weight is 383 g/mol. The quantitative estimate of drug-likeness (QED) is 0.147. The van der Waals surface area contributed by atoms with E-state index >= 15 is 0 Å². The molecule has 0 amide bonds. The molecule has 1 atom stereocenters. The Morgan fingerprint density at radius 1 is 0.593 bits per heavy atom. The van der Waals surface area contributed by atoms with Gasteiger partial charge in [0.2, 0.25) is 0 Å². The van der Waals surface area contributed by atoms with Gasteiger partial charge in [0.15, 0.2) is 0 Å². The van der Waals surface area contributed by atoms with E-state index in [1.165, 1.54) is 103 Å². The maximum atomic E-state index is 11.9. The highest BCUT2D eigenvalue weighted by atomic mass is 16.5. The second-order valence-electron chi connectivity index (χ2n) is 8.51. The van der Waals surface area contributed by atoms with Crippen LogP contribution in [0.25, 0.3) is 0 Å². The number of esters is 1. The fraction of sp³-hybridized carbons (Fsp3) is 0.960. The van der Waals surface area contributed by atoms with Crippen LogP contribution < -0.4 is 0 Å². The van der Waals surface area contributed by atoms with Gasteiger partial charge < -0.3 is 4.74 Å². The van der Waals surface area contributed by atoms with Crippen molar-refractivity contribution >= 4 is 5.97 Å². The van der Waals surface area contributed by atoms with Crippen LogP contribution in [0.15, 0.2) is 0 Å². The standard InChI is InChI=1S/C25H50O2/c1-4-6-8-10-11-12-13-14-15-16-17-18-19-21-23-27-25(26)24(3)22-20-9-7-5-2/h24H,4-23H2,1-3H3. The number of hydrogen-bond acceptors (Lipinski definition) is 2. The summed E-state index contributed by atoms with van der Waals surface area (Å²) in [6, 6.07) is 0. The van der Waals surface area contributed by atoms with Crippen molar-refractivity contribution in [3.8, 4) is 0 Å². The lowest BCUT2D eigenvalue weighted by molar-refractivity contribution is -0.148. The molecule has 0 aliphatic heterocycles. The van der Waals surface area contributed by atoms with Crippen molar-refractivity contribution in [2.45, 2.75) is 143 Å². The highest BCUT2D eigenvalue weighted by molar-refractivity contribution is 5.71. The van der Waals surface area contributed by atoms with Gasteiger partial charge in [0.25, 0.3) is 0 Å². The molecule has 162 valence electrons. The Morgan fingerprint density at radius 2 is 0.963 bits per heavy atom. The third kappa shape index (κ3) is 20.0. The topological polar surface area (TPSA) is 26.3 Å². The lowest BCUT2D eigenvalue weighted by Gasteiger charge is -2.11. The van der Waals surface area contributed by atoms with Crippen LogP contribution in [0, 0.1) is 5.92 Å². The Kier molecular flexibility index (Phi) is 21.3. The van der Waals surface area contributed by atoms with Crippen LogP contribution in [0.4, 0.5) is 0 Å². The maximum Gasteiger partial charge on any atom is 0.308 e. The summed E-state index contributed by atoms with van der Waals surface area (Å²) < 4.78 is 5.43. The van der Waals surface area contributed by atoms with E-state index in [0.29, 0.717) is 6.61 Å². The third-order valence-corrected chi connectivity index (χ3v) is 5.64.